The summed E-state index contributed by atoms with van der Waals surface area (Å²) in [6, 6.07) is 1.65. The Hall–Kier alpha value is -1.33. The van der Waals surface area contributed by atoms with Crippen LogP contribution in [0.5, 0.6) is 0 Å². The van der Waals surface area contributed by atoms with E-state index in [1.54, 1.807) is 6.07 Å². The van der Waals surface area contributed by atoms with Gasteiger partial charge in [0.2, 0.25) is 0 Å². The Morgan fingerprint density at radius 1 is 1.71 bits per heavy atom. The van der Waals surface area contributed by atoms with Crippen molar-refractivity contribution in [2.45, 2.75) is 6.54 Å². The molecule has 5 heteroatoms. The molecule has 0 amide bonds. The molecule has 0 unspecified atom stereocenters. The van der Waals surface area contributed by atoms with Gasteiger partial charge in [0.1, 0.15) is 12.0 Å². The summed E-state index contributed by atoms with van der Waals surface area (Å²) >= 11 is 0. The summed E-state index contributed by atoms with van der Waals surface area (Å²) < 4.78 is 9.67. The number of methoxy groups -OCH3 is 1. The van der Waals surface area contributed by atoms with Crippen molar-refractivity contribution < 1.29 is 13.9 Å². The molecule has 3 N–H and O–H groups in total. The Morgan fingerprint density at radius 2 is 2.50 bits per heavy atom. The lowest BCUT2D eigenvalue weighted by Gasteiger charge is -1.97. The molecule has 5 nitrogen and oxygen atoms in total. The molecule has 0 radical (unpaired) electrons. The Morgan fingerprint density at radius 3 is 3.14 bits per heavy atom. The van der Waals surface area contributed by atoms with Gasteiger partial charge >= 0.3 is 5.97 Å². The Balaban J connectivity index is 2.46. The zero-order chi connectivity index (χ0) is 10.4. The molecule has 0 saturated carbocycles. The first-order valence-corrected chi connectivity index (χ1v) is 4.34. The Kier molecular flexibility index (Phi) is 4.15. The van der Waals surface area contributed by atoms with E-state index in [4.69, 9.17) is 10.2 Å². The van der Waals surface area contributed by atoms with Gasteiger partial charge in [0, 0.05) is 13.1 Å². The van der Waals surface area contributed by atoms with Gasteiger partial charge in [-0.15, -0.1) is 0 Å². The predicted molar refractivity (Wildman–Crippen MR) is 50.8 cm³/mol. The molecule has 0 aliphatic heterocycles. The van der Waals surface area contributed by atoms with Crippen molar-refractivity contribution in [3.8, 4) is 0 Å². The molecule has 0 spiro atoms. The van der Waals surface area contributed by atoms with E-state index in [-0.39, 0.29) is 5.97 Å². The second-order valence-corrected chi connectivity index (χ2v) is 2.76. The van der Waals surface area contributed by atoms with Gasteiger partial charge in [-0.25, -0.2) is 4.79 Å². The first kappa shape index (κ1) is 10.7. The molecule has 0 atom stereocenters. The summed E-state index contributed by atoms with van der Waals surface area (Å²) in [7, 11) is 1.33. The number of nitrogens with one attached hydrogen (secondary N) is 1. The Labute approximate surface area is 82.2 Å². The van der Waals surface area contributed by atoms with Crippen LogP contribution in [0.4, 0.5) is 0 Å². The summed E-state index contributed by atoms with van der Waals surface area (Å²) in [5, 5.41) is 3.05. The van der Waals surface area contributed by atoms with Crippen LogP contribution in [-0.4, -0.2) is 26.2 Å². The van der Waals surface area contributed by atoms with Gasteiger partial charge in [0.05, 0.1) is 19.2 Å². The molecule has 78 valence electrons. The van der Waals surface area contributed by atoms with Crippen molar-refractivity contribution in [2.75, 3.05) is 20.2 Å². The van der Waals surface area contributed by atoms with Crippen LogP contribution in [0.3, 0.4) is 0 Å². The van der Waals surface area contributed by atoms with Crippen molar-refractivity contribution >= 4 is 5.97 Å². The molecule has 0 fully saturated rings. The van der Waals surface area contributed by atoms with Gasteiger partial charge in [0.15, 0.2) is 0 Å². The average molecular weight is 198 g/mol. The van der Waals surface area contributed by atoms with Gasteiger partial charge in [-0.2, -0.15) is 0 Å². The monoisotopic (exact) mass is 198 g/mol. The molecule has 0 saturated heterocycles. The normalized spacial score (nSPS) is 10.1. The standard InChI is InChI=1S/C9H14N2O3/c1-13-9(12)7-4-8(14-6-7)5-11-3-2-10/h4,6,11H,2-3,5,10H2,1H3. The molecular formula is C9H14N2O3. The number of esters is 1. The summed E-state index contributed by atoms with van der Waals surface area (Å²) in [6.45, 7) is 1.85. The molecular weight excluding hydrogens is 184 g/mol. The maximum absolute atomic E-state index is 11.0. The lowest BCUT2D eigenvalue weighted by atomic mass is 10.3. The number of nitrogens with two attached hydrogens (primary N) is 1. The number of rotatable bonds is 5. The molecule has 1 heterocycles. The molecule has 1 aromatic heterocycles. The highest BCUT2D eigenvalue weighted by atomic mass is 16.5. The van der Waals surface area contributed by atoms with Crippen molar-refractivity contribution in [3.63, 3.8) is 0 Å². The minimum atomic E-state index is -0.390. The van der Waals surface area contributed by atoms with E-state index >= 15 is 0 Å². The van der Waals surface area contributed by atoms with Crippen LogP contribution in [0.1, 0.15) is 16.1 Å². The molecule has 0 bridgehead atoms. The first-order chi connectivity index (χ1) is 6.77. The van der Waals surface area contributed by atoms with Gasteiger partial charge in [-0.3, -0.25) is 0 Å². The highest BCUT2D eigenvalue weighted by molar-refractivity contribution is 5.88. The fourth-order valence-corrected chi connectivity index (χ4v) is 1.01. The highest BCUT2D eigenvalue weighted by Crippen LogP contribution is 2.08. The van der Waals surface area contributed by atoms with E-state index in [1.165, 1.54) is 13.4 Å². The Bertz CT molecular complexity index is 296. The first-order valence-electron chi connectivity index (χ1n) is 4.34. The number of carbonyl (C=O) groups is 1. The van der Waals surface area contributed by atoms with E-state index in [0.29, 0.717) is 31.0 Å². The van der Waals surface area contributed by atoms with Crippen LogP contribution in [0.2, 0.25) is 0 Å². The lowest BCUT2D eigenvalue weighted by Crippen LogP contribution is -2.21. The quantitative estimate of drug-likeness (QED) is 0.519. The van der Waals surface area contributed by atoms with Crippen molar-refractivity contribution in [2.24, 2.45) is 5.73 Å². The van der Waals surface area contributed by atoms with Gasteiger partial charge in [-0.1, -0.05) is 0 Å². The van der Waals surface area contributed by atoms with Crippen molar-refractivity contribution in [1.82, 2.24) is 5.32 Å². The maximum Gasteiger partial charge on any atom is 0.341 e. The van der Waals surface area contributed by atoms with Gasteiger partial charge in [0.25, 0.3) is 0 Å². The lowest BCUT2D eigenvalue weighted by molar-refractivity contribution is 0.0600. The van der Waals surface area contributed by atoms with Crippen LogP contribution in [0.25, 0.3) is 0 Å². The van der Waals surface area contributed by atoms with Gasteiger partial charge < -0.3 is 20.2 Å². The summed E-state index contributed by atoms with van der Waals surface area (Å²) in [5.41, 5.74) is 5.73. The number of ether oxygens (including phenoxy) is 1. The third-order valence-corrected chi connectivity index (χ3v) is 1.70. The third-order valence-electron chi connectivity index (χ3n) is 1.70. The average Bonchev–Trinajstić information content (AvgIpc) is 2.66. The molecule has 1 aromatic rings. The van der Waals surface area contributed by atoms with E-state index < -0.39 is 0 Å². The van der Waals surface area contributed by atoms with Crippen LogP contribution >= 0.6 is 0 Å². The van der Waals surface area contributed by atoms with E-state index in [2.05, 4.69) is 10.1 Å². The molecule has 0 aromatic carbocycles. The fraction of sp³-hybridized carbons (Fsp3) is 0.444. The summed E-state index contributed by atoms with van der Waals surface area (Å²) in [5.74, 6) is 0.303. The fourth-order valence-electron chi connectivity index (χ4n) is 1.01. The SMILES string of the molecule is COC(=O)c1coc(CNCCN)c1. The van der Waals surface area contributed by atoms with Crippen LogP contribution < -0.4 is 11.1 Å². The zero-order valence-corrected chi connectivity index (χ0v) is 8.08. The topological polar surface area (TPSA) is 77.5 Å². The molecule has 1 rings (SSSR count). The number of furan rings is 1. The summed E-state index contributed by atoms with van der Waals surface area (Å²) in [4.78, 5) is 11.0. The molecule has 0 aliphatic carbocycles. The van der Waals surface area contributed by atoms with Crippen LogP contribution in [0.15, 0.2) is 16.7 Å². The minimum absolute atomic E-state index is 0.390. The zero-order valence-electron chi connectivity index (χ0n) is 8.08. The number of hydrogen-bond donors (Lipinski definition) is 2. The van der Waals surface area contributed by atoms with E-state index in [9.17, 15) is 4.79 Å². The van der Waals surface area contributed by atoms with Crippen LogP contribution in [-0.2, 0) is 11.3 Å². The smallest absolute Gasteiger partial charge is 0.341 e. The predicted octanol–water partition coefficient (Wildman–Crippen LogP) is 0.114. The number of hydrogen-bond acceptors (Lipinski definition) is 5. The largest absolute Gasteiger partial charge is 0.467 e. The second-order valence-electron chi connectivity index (χ2n) is 2.76. The highest BCUT2D eigenvalue weighted by Gasteiger charge is 2.09. The van der Waals surface area contributed by atoms with E-state index in [0.717, 1.165) is 0 Å². The maximum atomic E-state index is 11.0. The van der Waals surface area contributed by atoms with Gasteiger partial charge in [-0.05, 0) is 6.07 Å². The third kappa shape index (κ3) is 2.86. The number of carbonyl (C=O) groups excluding carboxylic acids is 1. The second kappa shape index (κ2) is 5.41. The van der Waals surface area contributed by atoms with Crippen molar-refractivity contribution in [1.29, 1.82) is 0 Å². The minimum Gasteiger partial charge on any atom is -0.467 e. The van der Waals surface area contributed by atoms with Crippen LogP contribution in [0, 0.1) is 0 Å². The van der Waals surface area contributed by atoms with Crippen molar-refractivity contribution in [3.05, 3.63) is 23.7 Å². The molecule has 14 heavy (non-hydrogen) atoms. The summed E-state index contributed by atoms with van der Waals surface area (Å²) in [6.07, 6.45) is 1.38. The molecule has 0 aliphatic rings. The van der Waals surface area contributed by atoms with E-state index in [1.807, 2.05) is 0 Å².